The Hall–Kier alpha value is -0.900. The molecule has 1 rings (SSSR count). The molecule has 11 heavy (non-hydrogen) atoms. The van der Waals surface area contributed by atoms with Crippen LogP contribution in [0, 0.1) is 0 Å². The largest absolute Gasteiger partial charge is 0.315 e. The Bertz CT molecular complexity index is 178. The summed E-state index contributed by atoms with van der Waals surface area (Å²) in [4.78, 5) is 3.87. The van der Waals surface area contributed by atoms with Gasteiger partial charge in [-0.1, -0.05) is 6.92 Å². The molecule has 0 aromatic carbocycles. The van der Waals surface area contributed by atoms with E-state index in [2.05, 4.69) is 22.3 Å². The van der Waals surface area contributed by atoms with E-state index in [4.69, 9.17) is 0 Å². The molecule has 0 saturated heterocycles. The van der Waals surface area contributed by atoms with Gasteiger partial charge < -0.3 is 5.32 Å². The first kappa shape index (κ1) is 8.20. The lowest BCUT2D eigenvalue weighted by atomic mass is 10.2. The third-order valence-corrected chi connectivity index (χ3v) is 1.78. The smallest absolute Gasteiger partial charge is 0.137 e. The monoisotopic (exact) mass is 154 g/mol. The van der Waals surface area contributed by atoms with Crippen LogP contribution in [0.2, 0.25) is 0 Å². The van der Waals surface area contributed by atoms with Crippen molar-refractivity contribution in [1.29, 1.82) is 0 Å². The van der Waals surface area contributed by atoms with E-state index in [1.807, 2.05) is 11.7 Å². The summed E-state index contributed by atoms with van der Waals surface area (Å²) in [5, 5.41) is 7.22. The SMILES string of the molecule is CCC(Cn1cncn1)NC. The molecule has 0 amide bonds. The average molecular weight is 154 g/mol. The molecule has 0 bridgehead atoms. The highest BCUT2D eigenvalue weighted by Crippen LogP contribution is 1.92. The first-order valence-corrected chi connectivity index (χ1v) is 3.86. The van der Waals surface area contributed by atoms with Crippen molar-refractivity contribution in [1.82, 2.24) is 20.1 Å². The molecule has 0 fully saturated rings. The number of rotatable bonds is 4. The van der Waals surface area contributed by atoms with Crippen LogP contribution in [-0.4, -0.2) is 27.9 Å². The molecule has 0 radical (unpaired) electrons. The Morgan fingerprint density at radius 3 is 2.91 bits per heavy atom. The zero-order valence-electron chi connectivity index (χ0n) is 6.99. The summed E-state index contributed by atoms with van der Waals surface area (Å²) in [6, 6.07) is 0.497. The Morgan fingerprint density at radius 2 is 2.45 bits per heavy atom. The predicted molar refractivity (Wildman–Crippen MR) is 43.2 cm³/mol. The average Bonchev–Trinajstić information content (AvgIpc) is 2.52. The first-order chi connectivity index (χ1) is 5.36. The van der Waals surface area contributed by atoms with Crippen LogP contribution in [-0.2, 0) is 6.54 Å². The van der Waals surface area contributed by atoms with Crippen molar-refractivity contribution in [3.05, 3.63) is 12.7 Å². The first-order valence-electron chi connectivity index (χ1n) is 3.86. The lowest BCUT2D eigenvalue weighted by Gasteiger charge is -2.12. The maximum atomic E-state index is 4.02. The van der Waals surface area contributed by atoms with Gasteiger partial charge in [0.05, 0.1) is 6.54 Å². The summed E-state index contributed by atoms with van der Waals surface area (Å²) < 4.78 is 1.84. The van der Waals surface area contributed by atoms with Gasteiger partial charge >= 0.3 is 0 Å². The fraction of sp³-hybridized carbons (Fsp3) is 0.714. The quantitative estimate of drug-likeness (QED) is 0.677. The lowest BCUT2D eigenvalue weighted by Crippen LogP contribution is -2.29. The number of nitrogens with zero attached hydrogens (tertiary/aromatic N) is 3. The fourth-order valence-corrected chi connectivity index (χ4v) is 0.977. The lowest BCUT2D eigenvalue weighted by molar-refractivity contribution is 0.442. The molecular weight excluding hydrogens is 140 g/mol. The van der Waals surface area contributed by atoms with Gasteiger partial charge in [0.2, 0.25) is 0 Å². The van der Waals surface area contributed by atoms with E-state index >= 15 is 0 Å². The van der Waals surface area contributed by atoms with Crippen LogP contribution >= 0.6 is 0 Å². The van der Waals surface area contributed by atoms with E-state index in [1.54, 1.807) is 12.7 Å². The second kappa shape index (κ2) is 4.08. The van der Waals surface area contributed by atoms with Gasteiger partial charge in [-0.3, -0.25) is 4.68 Å². The second-order valence-corrected chi connectivity index (χ2v) is 2.51. The summed E-state index contributed by atoms with van der Waals surface area (Å²) >= 11 is 0. The Morgan fingerprint density at radius 1 is 1.64 bits per heavy atom. The number of hydrogen-bond donors (Lipinski definition) is 1. The highest BCUT2D eigenvalue weighted by molar-refractivity contribution is 4.64. The van der Waals surface area contributed by atoms with Crippen LogP contribution in [0.4, 0.5) is 0 Å². The third-order valence-electron chi connectivity index (χ3n) is 1.78. The molecule has 0 aliphatic carbocycles. The van der Waals surface area contributed by atoms with Crippen LogP contribution in [0.5, 0.6) is 0 Å². The van der Waals surface area contributed by atoms with Crippen molar-refractivity contribution in [3.8, 4) is 0 Å². The number of aromatic nitrogens is 3. The van der Waals surface area contributed by atoms with Crippen molar-refractivity contribution in [2.75, 3.05) is 7.05 Å². The standard InChI is InChI=1S/C7H14N4/c1-3-7(8-2)4-11-6-9-5-10-11/h5-8H,3-4H2,1-2H3. The van der Waals surface area contributed by atoms with E-state index in [0.29, 0.717) is 6.04 Å². The van der Waals surface area contributed by atoms with Gasteiger partial charge in [0, 0.05) is 6.04 Å². The molecule has 62 valence electrons. The van der Waals surface area contributed by atoms with Crippen molar-refractivity contribution in [2.45, 2.75) is 25.9 Å². The van der Waals surface area contributed by atoms with Gasteiger partial charge in [-0.2, -0.15) is 5.10 Å². The number of hydrogen-bond acceptors (Lipinski definition) is 3. The third kappa shape index (κ3) is 2.31. The second-order valence-electron chi connectivity index (χ2n) is 2.51. The van der Waals surface area contributed by atoms with E-state index in [1.165, 1.54) is 0 Å². The minimum atomic E-state index is 0.497. The maximum Gasteiger partial charge on any atom is 0.137 e. The molecule has 0 aliphatic heterocycles. The minimum Gasteiger partial charge on any atom is -0.315 e. The number of nitrogens with one attached hydrogen (secondary N) is 1. The van der Waals surface area contributed by atoms with Crippen LogP contribution in [0.3, 0.4) is 0 Å². The molecular formula is C7H14N4. The van der Waals surface area contributed by atoms with E-state index < -0.39 is 0 Å². The molecule has 1 aromatic heterocycles. The fourth-order valence-electron chi connectivity index (χ4n) is 0.977. The van der Waals surface area contributed by atoms with Gasteiger partial charge in [-0.15, -0.1) is 0 Å². The molecule has 0 saturated carbocycles. The summed E-state index contributed by atoms with van der Waals surface area (Å²) in [5.41, 5.74) is 0. The van der Waals surface area contributed by atoms with Crippen LogP contribution < -0.4 is 5.32 Å². The van der Waals surface area contributed by atoms with Crippen molar-refractivity contribution >= 4 is 0 Å². The van der Waals surface area contributed by atoms with Crippen LogP contribution in [0.25, 0.3) is 0 Å². The minimum absolute atomic E-state index is 0.497. The highest BCUT2D eigenvalue weighted by atomic mass is 15.3. The Kier molecular flexibility index (Phi) is 3.04. The van der Waals surface area contributed by atoms with E-state index in [9.17, 15) is 0 Å². The van der Waals surface area contributed by atoms with E-state index in [-0.39, 0.29) is 0 Å². The summed E-state index contributed by atoms with van der Waals surface area (Å²) in [6.07, 6.45) is 4.40. The normalized spacial score (nSPS) is 13.3. The topological polar surface area (TPSA) is 42.7 Å². The zero-order chi connectivity index (χ0) is 8.10. The van der Waals surface area contributed by atoms with Crippen molar-refractivity contribution < 1.29 is 0 Å². The summed E-state index contributed by atoms with van der Waals surface area (Å²) in [7, 11) is 1.96. The van der Waals surface area contributed by atoms with Gasteiger partial charge in [0.25, 0.3) is 0 Å². The number of likely N-dealkylation sites (N-methyl/N-ethyl adjacent to an activating group) is 1. The van der Waals surface area contributed by atoms with Crippen LogP contribution in [0.15, 0.2) is 12.7 Å². The van der Waals surface area contributed by atoms with Crippen molar-refractivity contribution in [3.63, 3.8) is 0 Å². The van der Waals surface area contributed by atoms with Gasteiger partial charge in [-0.25, -0.2) is 4.98 Å². The molecule has 1 heterocycles. The molecule has 4 nitrogen and oxygen atoms in total. The van der Waals surface area contributed by atoms with E-state index in [0.717, 1.165) is 13.0 Å². The molecule has 0 spiro atoms. The molecule has 1 unspecified atom stereocenters. The molecule has 4 heteroatoms. The predicted octanol–water partition coefficient (Wildman–Crippen LogP) is 0.276. The van der Waals surface area contributed by atoms with Crippen LogP contribution in [0.1, 0.15) is 13.3 Å². The molecule has 1 N–H and O–H groups in total. The molecule has 0 aliphatic rings. The van der Waals surface area contributed by atoms with Crippen molar-refractivity contribution in [2.24, 2.45) is 0 Å². The highest BCUT2D eigenvalue weighted by Gasteiger charge is 2.02. The van der Waals surface area contributed by atoms with Gasteiger partial charge in [-0.05, 0) is 13.5 Å². The zero-order valence-corrected chi connectivity index (χ0v) is 6.99. The Balaban J connectivity index is 2.41. The van der Waals surface area contributed by atoms with Gasteiger partial charge in [0.1, 0.15) is 12.7 Å². The van der Waals surface area contributed by atoms with Gasteiger partial charge in [0.15, 0.2) is 0 Å². The molecule has 1 aromatic rings. The summed E-state index contributed by atoms with van der Waals surface area (Å²) in [6.45, 7) is 3.05. The maximum absolute atomic E-state index is 4.02. The Labute approximate surface area is 66.6 Å². The summed E-state index contributed by atoms with van der Waals surface area (Å²) in [5.74, 6) is 0. The molecule has 1 atom stereocenters.